The van der Waals surface area contributed by atoms with Crippen molar-refractivity contribution in [1.82, 2.24) is 10.2 Å². The van der Waals surface area contributed by atoms with Crippen molar-refractivity contribution in [2.45, 2.75) is 38.1 Å². The van der Waals surface area contributed by atoms with Crippen molar-refractivity contribution in [2.75, 3.05) is 12.8 Å². The minimum Gasteiger partial charge on any atom is -0.398 e. The third-order valence-electron chi connectivity index (χ3n) is 4.35. The van der Waals surface area contributed by atoms with Crippen LogP contribution in [0.4, 0.5) is 5.69 Å². The van der Waals surface area contributed by atoms with Gasteiger partial charge >= 0.3 is 0 Å². The second-order valence-corrected chi connectivity index (χ2v) is 5.94. The number of carbonyl (C=O) groups excluding carboxylic acids is 2. The van der Waals surface area contributed by atoms with Crippen molar-refractivity contribution < 1.29 is 9.59 Å². The summed E-state index contributed by atoms with van der Waals surface area (Å²) in [7, 11) is 1.71. The van der Waals surface area contributed by atoms with Crippen LogP contribution >= 0.6 is 0 Å². The number of likely N-dealkylation sites (N-methyl/N-ethyl adjacent to an activating group) is 1. The van der Waals surface area contributed by atoms with Crippen molar-refractivity contribution in [3.63, 3.8) is 0 Å². The first-order chi connectivity index (χ1) is 11.5. The zero-order valence-electron chi connectivity index (χ0n) is 13.8. The van der Waals surface area contributed by atoms with Gasteiger partial charge in [0.2, 0.25) is 0 Å². The van der Waals surface area contributed by atoms with Crippen molar-refractivity contribution in [2.24, 2.45) is 0 Å². The number of para-hydroxylation sites is 1. The molecule has 1 aliphatic rings. The van der Waals surface area contributed by atoms with Crippen LogP contribution in [0, 0.1) is 11.3 Å². The molecule has 0 saturated heterocycles. The number of benzene rings is 1. The van der Waals surface area contributed by atoms with Crippen molar-refractivity contribution in [1.29, 1.82) is 5.26 Å². The first-order valence-corrected chi connectivity index (χ1v) is 8.07. The van der Waals surface area contributed by atoms with Gasteiger partial charge in [-0.3, -0.25) is 9.59 Å². The molecule has 126 valence electrons. The summed E-state index contributed by atoms with van der Waals surface area (Å²) in [4.78, 5) is 26.2. The van der Waals surface area contributed by atoms with Crippen LogP contribution in [0.15, 0.2) is 36.0 Å². The largest absolute Gasteiger partial charge is 0.398 e. The van der Waals surface area contributed by atoms with Gasteiger partial charge in [-0.2, -0.15) is 5.26 Å². The molecule has 2 rings (SSSR count). The number of anilines is 1. The third kappa shape index (κ3) is 4.13. The Labute approximate surface area is 141 Å². The minimum atomic E-state index is -0.450. The van der Waals surface area contributed by atoms with Crippen molar-refractivity contribution >= 4 is 17.5 Å². The number of nitrogen functional groups attached to an aromatic ring is 1. The van der Waals surface area contributed by atoms with Gasteiger partial charge in [0.1, 0.15) is 11.6 Å². The first kappa shape index (κ1) is 17.5. The Morgan fingerprint density at radius 1 is 1.29 bits per heavy atom. The van der Waals surface area contributed by atoms with E-state index in [2.05, 4.69) is 5.32 Å². The lowest BCUT2D eigenvalue weighted by Gasteiger charge is -2.31. The molecule has 0 aliphatic heterocycles. The molecule has 1 aromatic rings. The number of nitriles is 1. The number of amides is 2. The first-order valence-electron chi connectivity index (χ1n) is 8.07. The quantitative estimate of drug-likeness (QED) is 0.503. The number of carbonyl (C=O) groups is 2. The van der Waals surface area contributed by atoms with Crippen LogP contribution < -0.4 is 11.1 Å². The van der Waals surface area contributed by atoms with E-state index in [0.717, 1.165) is 31.9 Å². The predicted molar refractivity (Wildman–Crippen MR) is 91.7 cm³/mol. The van der Waals surface area contributed by atoms with Crippen LogP contribution in [0.2, 0.25) is 0 Å². The normalized spacial score (nSPS) is 15.4. The fourth-order valence-electron chi connectivity index (χ4n) is 2.89. The van der Waals surface area contributed by atoms with Gasteiger partial charge in [0.05, 0.1) is 5.56 Å². The molecule has 2 amide bonds. The lowest BCUT2D eigenvalue weighted by Crippen LogP contribution is -2.39. The summed E-state index contributed by atoms with van der Waals surface area (Å²) in [6.07, 6.45) is 6.45. The fraction of sp³-hybridized carbons (Fsp3) is 0.389. The zero-order valence-corrected chi connectivity index (χ0v) is 13.8. The number of hydrogen-bond acceptors (Lipinski definition) is 4. The Morgan fingerprint density at radius 2 is 1.96 bits per heavy atom. The molecular weight excluding hydrogens is 304 g/mol. The maximum atomic E-state index is 12.4. The summed E-state index contributed by atoms with van der Waals surface area (Å²) >= 11 is 0. The van der Waals surface area contributed by atoms with E-state index in [0.29, 0.717) is 11.3 Å². The second kappa shape index (κ2) is 8.16. The number of nitrogens with zero attached hydrogens (tertiary/aromatic N) is 2. The van der Waals surface area contributed by atoms with Crippen LogP contribution in [-0.4, -0.2) is 29.8 Å². The standard InChI is InChI=1S/C18H22N4O2/c1-22(14-7-3-2-4-8-14)18(24)13(11-19)12-21-17(23)15-9-5-6-10-16(15)20/h5-6,9-10,12,14H,2-4,7-8,20H2,1H3,(H,21,23)/b13-12-. The highest BCUT2D eigenvalue weighted by atomic mass is 16.2. The highest BCUT2D eigenvalue weighted by molar-refractivity contribution is 6.01. The highest BCUT2D eigenvalue weighted by Gasteiger charge is 2.24. The molecule has 0 spiro atoms. The molecule has 0 radical (unpaired) electrons. The molecule has 1 aromatic carbocycles. The monoisotopic (exact) mass is 326 g/mol. The highest BCUT2D eigenvalue weighted by Crippen LogP contribution is 2.22. The lowest BCUT2D eigenvalue weighted by molar-refractivity contribution is -0.128. The van der Waals surface area contributed by atoms with Gasteiger partial charge in [-0.1, -0.05) is 31.4 Å². The Morgan fingerprint density at radius 3 is 2.58 bits per heavy atom. The maximum absolute atomic E-state index is 12.4. The second-order valence-electron chi connectivity index (χ2n) is 5.94. The Balaban J connectivity index is 2.05. The SMILES string of the molecule is CN(C(=O)/C(C#N)=C\NC(=O)c1ccccc1N)C1CCCCC1. The maximum Gasteiger partial charge on any atom is 0.266 e. The molecule has 6 nitrogen and oxygen atoms in total. The van der Waals surface area contributed by atoms with E-state index >= 15 is 0 Å². The zero-order chi connectivity index (χ0) is 17.5. The van der Waals surface area contributed by atoms with E-state index in [4.69, 9.17) is 5.73 Å². The van der Waals surface area contributed by atoms with Gasteiger partial charge < -0.3 is 16.0 Å². The Kier molecular flexibility index (Phi) is 5.96. The van der Waals surface area contributed by atoms with Gasteiger partial charge in [-0.25, -0.2) is 0 Å². The van der Waals surface area contributed by atoms with Gasteiger partial charge in [-0.05, 0) is 25.0 Å². The minimum absolute atomic E-state index is 0.0917. The van der Waals surface area contributed by atoms with E-state index in [9.17, 15) is 14.9 Å². The topological polar surface area (TPSA) is 99.2 Å². The molecule has 1 saturated carbocycles. The number of nitrogens with two attached hydrogens (primary N) is 1. The molecule has 0 bridgehead atoms. The Hall–Kier alpha value is -2.81. The van der Waals surface area contributed by atoms with Crippen LogP contribution in [0.3, 0.4) is 0 Å². The number of nitrogens with one attached hydrogen (secondary N) is 1. The van der Waals surface area contributed by atoms with Gasteiger partial charge in [0.15, 0.2) is 0 Å². The summed E-state index contributed by atoms with van der Waals surface area (Å²) in [6.45, 7) is 0. The molecule has 0 aromatic heterocycles. The van der Waals surface area contributed by atoms with Gasteiger partial charge in [0, 0.05) is 25.0 Å². The van der Waals surface area contributed by atoms with Crippen LogP contribution in [0.25, 0.3) is 0 Å². The van der Waals surface area contributed by atoms with Crippen LogP contribution in [0.1, 0.15) is 42.5 Å². The average Bonchev–Trinajstić information content (AvgIpc) is 2.62. The molecule has 6 heteroatoms. The average molecular weight is 326 g/mol. The summed E-state index contributed by atoms with van der Waals surface area (Å²) < 4.78 is 0. The van der Waals surface area contributed by atoms with Crippen molar-refractivity contribution in [3.05, 3.63) is 41.6 Å². The molecule has 1 aliphatic carbocycles. The van der Waals surface area contributed by atoms with Gasteiger partial charge in [-0.15, -0.1) is 0 Å². The van der Waals surface area contributed by atoms with Gasteiger partial charge in [0.25, 0.3) is 11.8 Å². The molecule has 3 N–H and O–H groups in total. The van der Waals surface area contributed by atoms with E-state index in [1.165, 1.54) is 6.42 Å². The van der Waals surface area contributed by atoms with Crippen LogP contribution in [0.5, 0.6) is 0 Å². The number of rotatable bonds is 4. The molecule has 24 heavy (non-hydrogen) atoms. The molecular formula is C18H22N4O2. The van der Waals surface area contributed by atoms with E-state index in [1.807, 2.05) is 6.07 Å². The predicted octanol–water partition coefficient (Wildman–Crippen LogP) is 2.20. The molecule has 1 fully saturated rings. The van der Waals surface area contributed by atoms with Crippen LogP contribution in [-0.2, 0) is 4.79 Å². The number of hydrogen-bond donors (Lipinski definition) is 2. The third-order valence-corrected chi connectivity index (χ3v) is 4.35. The summed E-state index contributed by atoms with van der Waals surface area (Å²) in [5, 5.41) is 11.7. The fourth-order valence-corrected chi connectivity index (χ4v) is 2.89. The van der Waals surface area contributed by atoms with Crippen molar-refractivity contribution in [3.8, 4) is 6.07 Å². The summed E-state index contributed by atoms with van der Waals surface area (Å²) in [6, 6.07) is 8.65. The van der Waals surface area contributed by atoms with E-state index in [1.54, 1.807) is 36.2 Å². The smallest absolute Gasteiger partial charge is 0.266 e. The van der Waals surface area contributed by atoms with E-state index < -0.39 is 5.91 Å². The molecule has 0 atom stereocenters. The van der Waals surface area contributed by atoms with E-state index in [-0.39, 0.29) is 17.5 Å². The molecule has 0 unspecified atom stereocenters. The summed E-state index contributed by atoms with van der Waals surface area (Å²) in [5.74, 6) is -0.820. The lowest BCUT2D eigenvalue weighted by atomic mass is 9.94. The Bertz CT molecular complexity index is 685. The summed E-state index contributed by atoms with van der Waals surface area (Å²) in [5.41, 5.74) is 6.30. The molecule has 0 heterocycles.